The van der Waals surface area contributed by atoms with Crippen LogP contribution in [-0.4, -0.2) is 22.6 Å². The SMILES string of the molecule is Cc1cccc(C(=O)Nc2cccc(SCC(=O)Nc3nc(-c4ccc5ccccc5c4)cs3)c2)c1. The molecule has 36 heavy (non-hydrogen) atoms. The summed E-state index contributed by atoms with van der Waals surface area (Å²) in [6.45, 7) is 1.95. The molecule has 0 saturated carbocycles. The zero-order chi connectivity index (χ0) is 24.9. The summed E-state index contributed by atoms with van der Waals surface area (Å²) in [5, 5.41) is 10.7. The summed E-state index contributed by atoms with van der Waals surface area (Å²) in [7, 11) is 0. The average molecular weight is 510 g/mol. The topological polar surface area (TPSA) is 71.1 Å². The summed E-state index contributed by atoms with van der Waals surface area (Å²) in [6, 6.07) is 29.4. The van der Waals surface area contributed by atoms with Crippen molar-refractivity contribution in [1.29, 1.82) is 0 Å². The lowest BCUT2D eigenvalue weighted by atomic mass is 10.1. The van der Waals surface area contributed by atoms with Crippen LogP contribution in [0.1, 0.15) is 15.9 Å². The van der Waals surface area contributed by atoms with E-state index in [2.05, 4.69) is 39.9 Å². The maximum absolute atomic E-state index is 12.6. The lowest BCUT2D eigenvalue weighted by Crippen LogP contribution is -2.14. The van der Waals surface area contributed by atoms with E-state index in [9.17, 15) is 9.59 Å². The number of rotatable bonds is 7. The summed E-state index contributed by atoms with van der Waals surface area (Å²) in [6.07, 6.45) is 0. The fraction of sp³-hybridized carbons (Fsp3) is 0.0690. The van der Waals surface area contributed by atoms with E-state index >= 15 is 0 Å². The second-order valence-electron chi connectivity index (χ2n) is 8.29. The number of nitrogens with zero attached hydrogens (tertiary/aromatic N) is 1. The summed E-state index contributed by atoms with van der Waals surface area (Å²) in [4.78, 5) is 30.6. The smallest absolute Gasteiger partial charge is 0.255 e. The molecule has 0 aliphatic heterocycles. The average Bonchev–Trinajstić information content (AvgIpc) is 3.36. The number of nitrogens with one attached hydrogen (secondary N) is 2. The third-order valence-corrected chi connectivity index (χ3v) is 7.29. The van der Waals surface area contributed by atoms with E-state index in [1.807, 2.05) is 73.0 Å². The number of aryl methyl sites for hydroxylation is 1. The number of carbonyl (C=O) groups is 2. The Kier molecular flexibility index (Phi) is 7.11. The first-order valence-corrected chi connectivity index (χ1v) is 13.3. The van der Waals surface area contributed by atoms with E-state index in [1.54, 1.807) is 6.07 Å². The van der Waals surface area contributed by atoms with Crippen molar-refractivity contribution in [3.05, 3.63) is 108 Å². The highest BCUT2D eigenvalue weighted by Crippen LogP contribution is 2.28. The van der Waals surface area contributed by atoms with Gasteiger partial charge in [-0.3, -0.25) is 9.59 Å². The van der Waals surface area contributed by atoms with Crippen LogP contribution in [0.25, 0.3) is 22.0 Å². The molecule has 5 aromatic rings. The Morgan fingerprint density at radius 3 is 2.56 bits per heavy atom. The van der Waals surface area contributed by atoms with Crippen LogP contribution in [0.2, 0.25) is 0 Å². The van der Waals surface area contributed by atoms with Crippen molar-refractivity contribution in [2.75, 3.05) is 16.4 Å². The molecule has 5 rings (SSSR count). The Labute approximate surface area is 217 Å². The van der Waals surface area contributed by atoms with Crippen molar-refractivity contribution < 1.29 is 9.59 Å². The number of fused-ring (bicyclic) bond motifs is 1. The van der Waals surface area contributed by atoms with Crippen molar-refractivity contribution in [3.8, 4) is 11.3 Å². The number of carbonyl (C=O) groups excluding carboxylic acids is 2. The zero-order valence-electron chi connectivity index (χ0n) is 19.5. The van der Waals surface area contributed by atoms with Crippen LogP contribution in [0, 0.1) is 6.92 Å². The van der Waals surface area contributed by atoms with Gasteiger partial charge in [-0.05, 0) is 54.1 Å². The molecule has 178 valence electrons. The summed E-state index contributed by atoms with van der Waals surface area (Å²) < 4.78 is 0. The van der Waals surface area contributed by atoms with Crippen LogP contribution in [0.15, 0.2) is 101 Å². The summed E-state index contributed by atoms with van der Waals surface area (Å²) in [5.41, 5.74) is 4.18. The molecule has 0 bridgehead atoms. The maximum Gasteiger partial charge on any atom is 0.255 e. The largest absolute Gasteiger partial charge is 0.322 e. The summed E-state index contributed by atoms with van der Waals surface area (Å²) >= 11 is 2.81. The predicted molar refractivity (Wildman–Crippen MR) is 150 cm³/mol. The van der Waals surface area contributed by atoms with Gasteiger partial charge in [0.05, 0.1) is 11.4 Å². The molecule has 0 unspecified atom stereocenters. The highest BCUT2D eigenvalue weighted by Gasteiger charge is 2.11. The minimum atomic E-state index is -0.162. The van der Waals surface area contributed by atoms with E-state index in [-0.39, 0.29) is 17.6 Å². The van der Waals surface area contributed by atoms with Gasteiger partial charge in [0.25, 0.3) is 5.91 Å². The van der Waals surface area contributed by atoms with Gasteiger partial charge in [0.1, 0.15) is 0 Å². The molecule has 2 N–H and O–H groups in total. The minimum Gasteiger partial charge on any atom is -0.322 e. The first-order valence-electron chi connectivity index (χ1n) is 11.4. The molecule has 0 aliphatic carbocycles. The van der Waals surface area contributed by atoms with E-state index < -0.39 is 0 Å². The molecule has 0 spiro atoms. The molecule has 0 fully saturated rings. The maximum atomic E-state index is 12.6. The van der Waals surface area contributed by atoms with Gasteiger partial charge in [-0.15, -0.1) is 23.1 Å². The predicted octanol–water partition coefficient (Wildman–Crippen LogP) is 7.25. The summed E-state index contributed by atoms with van der Waals surface area (Å²) in [5.74, 6) is -0.0571. The number of hydrogen-bond donors (Lipinski definition) is 2. The van der Waals surface area contributed by atoms with Crippen molar-refractivity contribution in [2.45, 2.75) is 11.8 Å². The second-order valence-corrected chi connectivity index (χ2v) is 10.2. The van der Waals surface area contributed by atoms with Gasteiger partial charge in [0, 0.05) is 27.1 Å². The van der Waals surface area contributed by atoms with E-state index in [0.717, 1.165) is 27.1 Å². The fourth-order valence-electron chi connectivity index (χ4n) is 3.77. The lowest BCUT2D eigenvalue weighted by molar-refractivity contribution is -0.113. The second kappa shape index (κ2) is 10.8. The molecule has 1 aromatic heterocycles. The molecule has 7 heteroatoms. The third kappa shape index (κ3) is 5.82. The molecule has 4 aromatic carbocycles. The van der Waals surface area contributed by atoms with Gasteiger partial charge in [-0.2, -0.15) is 0 Å². The highest BCUT2D eigenvalue weighted by molar-refractivity contribution is 8.00. The Hall–Kier alpha value is -3.94. The normalized spacial score (nSPS) is 10.8. The van der Waals surface area contributed by atoms with Crippen LogP contribution in [0.4, 0.5) is 10.8 Å². The van der Waals surface area contributed by atoms with Crippen LogP contribution in [0.3, 0.4) is 0 Å². The molecule has 1 heterocycles. The molecular formula is C29H23N3O2S2. The number of thioether (sulfide) groups is 1. The first kappa shape index (κ1) is 23.8. The van der Waals surface area contributed by atoms with Crippen molar-refractivity contribution in [2.24, 2.45) is 0 Å². The van der Waals surface area contributed by atoms with E-state index in [1.165, 1.54) is 28.5 Å². The van der Waals surface area contributed by atoms with Crippen LogP contribution < -0.4 is 10.6 Å². The molecule has 5 nitrogen and oxygen atoms in total. The number of amides is 2. The van der Waals surface area contributed by atoms with Gasteiger partial charge in [-0.25, -0.2) is 4.98 Å². The number of benzene rings is 4. The molecular weight excluding hydrogens is 486 g/mol. The molecule has 0 saturated heterocycles. The van der Waals surface area contributed by atoms with E-state index in [0.29, 0.717) is 16.4 Å². The van der Waals surface area contributed by atoms with Crippen LogP contribution in [-0.2, 0) is 4.79 Å². The van der Waals surface area contributed by atoms with E-state index in [4.69, 9.17) is 0 Å². The standard InChI is InChI=1S/C29H23N3O2S2/c1-19-6-4-9-23(14-19)28(34)30-24-10-5-11-25(16-24)35-18-27(33)32-29-31-26(17-36-29)22-13-12-20-7-2-3-8-21(20)15-22/h2-17H,18H2,1H3,(H,30,34)(H,31,32,33). The molecule has 0 atom stereocenters. The van der Waals surface area contributed by atoms with Gasteiger partial charge in [0.15, 0.2) is 5.13 Å². The lowest BCUT2D eigenvalue weighted by Gasteiger charge is -2.08. The molecule has 0 aliphatic rings. The van der Waals surface area contributed by atoms with Gasteiger partial charge in [-0.1, -0.05) is 60.2 Å². The number of aromatic nitrogens is 1. The highest BCUT2D eigenvalue weighted by atomic mass is 32.2. The van der Waals surface area contributed by atoms with Crippen LogP contribution >= 0.6 is 23.1 Å². The minimum absolute atomic E-state index is 0.131. The quantitative estimate of drug-likeness (QED) is 0.227. The van der Waals surface area contributed by atoms with Crippen molar-refractivity contribution in [3.63, 3.8) is 0 Å². The Morgan fingerprint density at radius 2 is 1.69 bits per heavy atom. The fourth-order valence-corrected chi connectivity index (χ4v) is 5.26. The molecule has 2 amide bonds. The number of anilines is 2. The Bertz CT molecular complexity index is 1560. The number of hydrogen-bond acceptors (Lipinski definition) is 5. The molecule has 0 radical (unpaired) electrons. The van der Waals surface area contributed by atoms with Gasteiger partial charge >= 0.3 is 0 Å². The Morgan fingerprint density at radius 1 is 0.861 bits per heavy atom. The Balaban J connectivity index is 1.17. The van der Waals surface area contributed by atoms with Crippen molar-refractivity contribution >= 4 is 56.5 Å². The van der Waals surface area contributed by atoms with Crippen molar-refractivity contribution in [1.82, 2.24) is 4.98 Å². The number of thiazole rings is 1. The third-order valence-electron chi connectivity index (χ3n) is 5.54. The van der Waals surface area contributed by atoms with Gasteiger partial charge in [0.2, 0.25) is 5.91 Å². The first-order chi connectivity index (χ1) is 17.5. The van der Waals surface area contributed by atoms with Crippen LogP contribution in [0.5, 0.6) is 0 Å². The zero-order valence-corrected chi connectivity index (χ0v) is 21.2. The van der Waals surface area contributed by atoms with Gasteiger partial charge < -0.3 is 10.6 Å². The monoisotopic (exact) mass is 509 g/mol.